The summed E-state index contributed by atoms with van der Waals surface area (Å²) in [6.45, 7) is 0.554. The molecule has 1 atom stereocenters. The summed E-state index contributed by atoms with van der Waals surface area (Å²) in [7, 11) is 4.74. The molecule has 0 fully saturated rings. The third-order valence-electron chi connectivity index (χ3n) is 4.48. The molecule has 0 spiro atoms. The van der Waals surface area contributed by atoms with Gasteiger partial charge in [-0.2, -0.15) is 5.10 Å². The summed E-state index contributed by atoms with van der Waals surface area (Å²) in [4.78, 5) is 24.5. The predicted molar refractivity (Wildman–Crippen MR) is 91.2 cm³/mol. The minimum Gasteiger partial charge on any atom is -0.493 e. The van der Waals surface area contributed by atoms with Crippen molar-refractivity contribution in [1.29, 1.82) is 0 Å². The zero-order chi connectivity index (χ0) is 18.0. The quantitative estimate of drug-likeness (QED) is 0.882. The lowest BCUT2D eigenvalue weighted by molar-refractivity contribution is 0.0932. The van der Waals surface area contributed by atoms with Gasteiger partial charge in [0.15, 0.2) is 11.5 Å². The highest BCUT2D eigenvalue weighted by Crippen LogP contribution is 2.27. The predicted octanol–water partition coefficient (Wildman–Crippen LogP) is 0.734. The number of amides is 1. The van der Waals surface area contributed by atoms with Crippen LogP contribution in [0.15, 0.2) is 23.0 Å². The van der Waals surface area contributed by atoms with Crippen LogP contribution in [0.4, 0.5) is 0 Å². The number of nitrogens with one attached hydrogen (secondary N) is 1. The SMILES string of the molecule is COc1ccc(C(=O)NC2CCc3nn(C)c(=O)n3CC2)cc1OC. The first-order valence-corrected chi connectivity index (χ1v) is 8.19. The van der Waals surface area contributed by atoms with Gasteiger partial charge >= 0.3 is 5.69 Å². The summed E-state index contributed by atoms with van der Waals surface area (Å²) in [5.41, 5.74) is 0.400. The Kier molecular flexibility index (Phi) is 4.78. The van der Waals surface area contributed by atoms with Crippen LogP contribution in [-0.2, 0) is 20.0 Å². The minimum absolute atomic E-state index is 0.00740. The fourth-order valence-electron chi connectivity index (χ4n) is 3.09. The van der Waals surface area contributed by atoms with Crippen LogP contribution in [0.5, 0.6) is 11.5 Å². The van der Waals surface area contributed by atoms with E-state index >= 15 is 0 Å². The van der Waals surface area contributed by atoms with Gasteiger partial charge in [-0.15, -0.1) is 0 Å². The molecule has 134 valence electrons. The molecule has 1 aromatic heterocycles. The van der Waals surface area contributed by atoms with Crippen molar-refractivity contribution < 1.29 is 14.3 Å². The van der Waals surface area contributed by atoms with Gasteiger partial charge in [-0.05, 0) is 31.0 Å². The standard InChI is InChI=1S/C17H22N4O4/c1-20-17(23)21-9-8-12(5-7-15(21)19-20)18-16(22)11-4-6-13(24-2)14(10-11)25-3/h4,6,10,12H,5,7-9H2,1-3H3,(H,18,22). The van der Waals surface area contributed by atoms with Crippen LogP contribution in [-0.4, -0.2) is 40.5 Å². The number of carbonyl (C=O) groups excluding carboxylic acids is 1. The van der Waals surface area contributed by atoms with E-state index in [1.165, 1.54) is 11.8 Å². The van der Waals surface area contributed by atoms with Crippen molar-refractivity contribution >= 4 is 5.91 Å². The molecule has 1 aliphatic rings. The van der Waals surface area contributed by atoms with E-state index in [0.29, 0.717) is 36.4 Å². The van der Waals surface area contributed by atoms with Crippen molar-refractivity contribution in [2.24, 2.45) is 7.05 Å². The average molecular weight is 346 g/mol. The molecule has 1 aromatic carbocycles. The summed E-state index contributed by atoms with van der Waals surface area (Å²) in [6.07, 6.45) is 2.10. The van der Waals surface area contributed by atoms with Gasteiger partial charge in [0.05, 0.1) is 14.2 Å². The van der Waals surface area contributed by atoms with Gasteiger partial charge in [-0.1, -0.05) is 0 Å². The molecule has 0 saturated heterocycles. The van der Waals surface area contributed by atoms with Gasteiger partial charge in [-0.3, -0.25) is 9.36 Å². The Morgan fingerprint density at radius 2 is 2.00 bits per heavy atom. The van der Waals surface area contributed by atoms with E-state index < -0.39 is 0 Å². The maximum absolute atomic E-state index is 12.5. The first-order chi connectivity index (χ1) is 12.0. The third kappa shape index (κ3) is 3.38. The van der Waals surface area contributed by atoms with Gasteiger partial charge in [0, 0.05) is 31.6 Å². The third-order valence-corrected chi connectivity index (χ3v) is 4.48. The van der Waals surface area contributed by atoms with Crippen LogP contribution in [0.2, 0.25) is 0 Å². The van der Waals surface area contributed by atoms with Crippen molar-refractivity contribution in [3.63, 3.8) is 0 Å². The normalized spacial score (nSPS) is 16.7. The second-order valence-electron chi connectivity index (χ2n) is 6.04. The molecular weight excluding hydrogens is 324 g/mol. The Hall–Kier alpha value is -2.77. The number of hydrogen-bond donors (Lipinski definition) is 1. The number of hydrogen-bond acceptors (Lipinski definition) is 5. The van der Waals surface area contributed by atoms with Crippen molar-refractivity contribution in [3.05, 3.63) is 40.1 Å². The van der Waals surface area contributed by atoms with E-state index in [-0.39, 0.29) is 17.6 Å². The highest BCUT2D eigenvalue weighted by atomic mass is 16.5. The van der Waals surface area contributed by atoms with Crippen molar-refractivity contribution in [2.75, 3.05) is 14.2 Å². The highest BCUT2D eigenvalue weighted by molar-refractivity contribution is 5.95. The zero-order valence-corrected chi connectivity index (χ0v) is 14.6. The lowest BCUT2D eigenvalue weighted by Gasteiger charge is -2.16. The Morgan fingerprint density at radius 1 is 1.24 bits per heavy atom. The first kappa shape index (κ1) is 17.1. The van der Waals surface area contributed by atoms with Gasteiger partial charge < -0.3 is 14.8 Å². The molecule has 0 saturated carbocycles. The van der Waals surface area contributed by atoms with Crippen molar-refractivity contribution in [2.45, 2.75) is 31.8 Å². The second kappa shape index (κ2) is 7.00. The molecule has 8 heteroatoms. The van der Waals surface area contributed by atoms with Crippen LogP contribution in [0, 0.1) is 0 Å². The van der Waals surface area contributed by atoms with Crippen LogP contribution in [0.25, 0.3) is 0 Å². The zero-order valence-electron chi connectivity index (χ0n) is 14.6. The van der Waals surface area contributed by atoms with Gasteiger partial charge in [0.1, 0.15) is 5.82 Å². The molecule has 0 bridgehead atoms. The molecule has 25 heavy (non-hydrogen) atoms. The number of ether oxygens (including phenoxy) is 2. The molecule has 1 amide bonds. The average Bonchev–Trinajstić information content (AvgIpc) is 2.78. The van der Waals surface area contributed by atoms with Crippen LogP contribution in [0.1, 0.15) is 29.0 Å². The molecule has 8 nitrogen and oxygen atoms in total. The largest absolute Gasteiger partial charge is 0.493 e. The molecule has 1 unspecified atom stereocenters. The number of benzene rings is 1. The van der Waals surface area contributed by atoms with E-state index in [2.05, 4.69) is 10.4 Å². The monoisotopic (exact) mass is 346 g/mol. The molecule has 1 aliphatic heterocycles. The van der Waals surface area contributed by atoms with Crippen LogP contribution < -0.4 is 20.5 Å². The van der Waals surface area contributed by atoms with Gasteiger partial charge in [-0.25, -0.2) is 9.48 Å². The van der Waals surface area contributed by atoms with E-state index in [9.17, 15) is 9.59 Å². The number of fused-ring (bicyclic) bond motifs is 1. The lowest BCUT2D eigenvalue weighted by Crippen LogP contribution is -2.35. The molecular formula is C17H22N4O4. The highest BCUT2D eigenvalue weighted by Gasteiger charge is 2.22. The number of methoxy groups -OCH3 is 2. The smallest absolute Gasteiger partial charge is 0.345 e. The summed E-state index contributed by atoms with van der Waals surface area (Å²) in [5, 5.41) is 7.29. The van der Waals surface area contributed by atoms with E-state index in [1.54, 1.807) is 36.9 Å². The molecule has 3 rings (SSSR count). The Labute approximate surface area is 145 Å². The summed E-state index contributed by atoms with van der Waals surface area (Å²) >= 11 is 0. The Morgan fingerprint density at radius 3 is 2.72 bits per heavy atom. The van der Waals surface area contributed by atoms with Gasteiger partial charge in [0.2, 0.25) is 0 Å². The summed E-state index contributed by atoms with van der Waals surface area (Å²) < 4.78 is 13.5. The van der Waals surface area contributed by atoms with Crippen LogP contribution in [0.3, 0.4) is 0 Å². The van der Waals surface area contributed by atoms with Gasteiger partial charge in [0.25, 0.3) is 5.91 Å². The molecule has 2 heterocycles. The second-order valence-corrected chi connectivity index (χ2v) is 6.04. The minimum atomic E-state index is -0.168. The van der Waals surface area contributed by atoms with E-state index in [1.807, 2.05) is 0 Å². The number of rotatable bonds is 4. The number of aromatic nitrogens is 3. The lowest BCUT2D eigenvalue weighted by atomic mass is 10.1. The van der Waals surface area contributed by atoms with Crippen molar-refractivity contribution in [1.82, 2.24) is 19.7 Å². The fraction of sp³-hybridized carbons (Fsp3) is 0.471. The summed E-state index contributed by atoms with van der Waals surface area (Å²) in [5.74, 6) is 1.70. The van der Waals surface area contributed by atoms with Crippen LogP contribution >= 0.6 is 0 Å². The fourth-order valence-corrected chi connectivity index (χ4v) is 3.09. The maximum atomic E-state index is 12.5. The topological polar surface area (TPSA) is 87.4 Å². The molecule has 1 N–H and O–H groups in total. The molecule has 0 radical (unpaired) electrons. The Bertz CT molecular complexity index is 840. The number of nitrogens with zero attached hydrogens (tertiary/aromatic N) is 3. The van der Waals surface area contributed by atoms with E-state index in [4.69, 9.17) is 9.47 Å². The number of carbonyl (C=O) groups is 1. The van der Waals surface area contributed by atoms with Crippen molar-refractivity contribution in [3.8, 4) is 11.5 Å². The maximum Gasteiger partial charge on any atom is 0.345 e. The Balaban J connectivity index is 1.69. The number of aryl methyl sites for hydroxylation is 2. The summed E-state index contributed by atoms with van der Waals surface area (Å²) in [6, 6.07) is 5.06. The molecule has 2 aromatic rings. The molecule has 0 aliphatic carbocycles. The van der Waals surface area contributed by atoms with E-state index in [0.717, 1.165) is 12.2 Å². The first-order valence-electron chi connectivity index (χ1n) is 8.19.